The molecule has 1 unspecified atom stereocenters. The molecule has 0 aliphatic carbocycles. The fraction of sp³-hybridized carbons (Fsp3) is 1.00. The third-order valence-electron chi connectivity index (χ3n) is 2.70. The van der Waals surface area contributed by atoms with Crippen molar-refractivity contribution >= 4 is 11.8 Å². The van der Waals surface area contributed by atoms with Gasteiger partial charge >= 0.3 is 0 Å². The lowest BCUT2D eigenvalue weighted by atomic mass is 10.1. The van der Waals surface area contributed by atoms with Crippen molar-refractivity contribution in [2.24, 2.45) is 5.92 Å². The highest BCUT2D eigenvalue weighted by atomic mass is 32.2. The quantitative estimate of drug-likeness (QED) is 0.661. The topological polar surface area (TPSA) is 23.5 Å². The van der Waals surface area contributed by atoms with Gasteiger partial charge in [0.25, 0.3) is 0 Å². The maximum absolute atomic E-state index is 8.96. The molecule has 0 saturated carbocycles. The van der Waals surface area contributed by atoms with E-state index in [9.17, 15) is 0 Å². The van der Waals surface area contributed by atoms with Gasteiger partial charge in [-0.25, -0.2) is 0 Å². The summed E-state index contributed by atoms with van der Waals surface area (Å²) in [6, 6.07) is 0. The van der Waals surface area contributed by atoms with Crippen LogP contribution in [0.2, 0.25) is 0 Å². The van der Waals surface area contributed by atoms with Crippen LogP contribution in [0.1, 0.15) is 19.3 Å². The minimum absolute atomic E-state index is 0.376. The first-order chi connectivity index (χ1) is 6.36. The molecule has 1 fully saturated rings. The Labute approximate surface area is 85.7 Å². The van der Waals surface area contributed by atoms with Crippen molar-refractivity contribution in [1.29, 1.82) is 0 Å². The van der Waals surface area contributed by atoms with Crippen molar-refractivity contribution in [1.82, 2.24) is 4.90 Å². The SMILES string of the molecule is CSCCCCN1CCC(CO)C1. The second-order valence-electron chi connectivity index (χ2n) is 3.84. The number of nitrogens with zero attached hydrogens (tertiary/aromatic N) is 1. The highest BCUT2D eigenvalue weighted by molar-refractivity contribution is 7.98. The van der Waals surface area contributed by atoms with Crippen LogP contribution in [0.25, 0.3) is 0 Å². The average Bonchev–Trinajstić information content (AvgIpc) is 2.60. The third kappa shape index (κ3) is 4.34. The van der Waals surface area contributed by atoms with Crippen LogP contribution in [0.3, 0.4) is 0 Å². The van der Waals surface area contributed by atoms with E-state index in [-0.39, 0.29) is 0 Å². The Morgan fingerprint density at radius 1 is 1.46 bits per heavy atom. The molecule has 3 heteroatoms. The summed E-state index contributed by atoms with van der Waals surface area (Å²) in [6.07, 6.45) is 6.01. The van der Waals surface area contributed by atoms with Gasteiger partial charge in [0.15, 0.2) is 0 Å². The summed E-state index contributed by atoms with van der Waals surface area (Å²) < 4.78 is 0. The molecule has 1 aliphatic heterocycles. The first kappa shape index (κ1) is 11.3. The van der Waals surface area contributed by atoms with Gasteiger partial charge < -0.3 is 10.0 Å². The number of aliphatic hydroxyl groups excluding tert-OH is 1. The van der Waals surface area contributed by atoms with Gasteiger partial charge in [0.2, 0.25) is 0 Å². The van der Waals surface area contributed by atoms with Crippen molar-refractivity contribution in [3.05, 3.63) is 0 Å². The van der Waals surface area contributed by atoms with E-state index in [1.807, 2.05) is 11.8 Å². The molecule has 1 saturated heterocycles. The Morgan fingerprint density at radius 3 is 2.92 bits per heavy atom. The number of thioether (sulfide) groups is 1. The maximum atomic E-state index is 8.96. The van der Waals surface area contributed by atoms with E-state index >= 15 is 0 Å². The molecule has 0 aromatic carbocycles. The Bertz CT molecular complexity index is 132. The molecule has 0 aromatic heterocycles. The van der Waals surface area contributed by atoms with E-state index in [1.165, 1.54) is 38.1 Å². The van der Waals surface area contributed by atoms with E-state index < -0.39 is 0 Å². The molecule has 1 rings (SSSR count). The van der Waals surface area contributed by atoms with Gasteiger partial charge in [0, 0.05) is 13.2 Å². The lowest BCUT2D eigenvalue weighted by Crippen LogP contribution is -2.22. The molecule has 0 amide bonds. The molecule has 1 aliphatic rings. The summed E-state index contributed by atoms with van der Waals surface area (Å²) in [5, 5.41) is 8.96. The molecule has 1 N–H and O–H groups in total. The predicted molar refractivity (Wildman–Crippen MR) is 59.2 cm³/mol. The molecule has 0 spiro atoms. The van der Waals surface area contributed by atoms with Crippen LogP contribution < -0.4 is 0 Å². The van der Waals surface area contributed by atoms with Crippen molar-refractivity contribution in [2.45, 2.75) is 19.3 Å². The minimum Gasteiger partial charge on any atom is -0.396 e. The minimum atomic E-state index is 0.376. The fourth-order valence-corrected chi connectivity index (χ4v) is 2.34. The second kappa shape index (κ2) is 6.68. The molecule has 0 radical (unpaired) electrons. The molecule has 1 heterocycles. The number of hydrogen-bond acceptors (Lipinski definition) is 3. The largest absolute Gasteiger partial charge is 0.396 e. The number of unbranched alkanes of at least 4 members (excludes halogenated alkanes) is 1. The lowest BCUT2D eigenvalue weighted by Gasteiger charge is -2.14. The second-order valence-corrected chi connectivity index (χ2v) is 4.82. The van der Waals surface area contributed by atoms with Crippen molar-refractivity contribution < 1.29 is 5.11 Å². The van der Waals surface area contributed by atoms with Crippen molar-refractivity contribution in [3.63, 3.8) is 0 Å². The standard InChI is InChI=1S/C10H21NOS/c1-13-7-3-2-5-11-6-4-10(8-11)9-12/h10,12H,2-9H2,1H3. The number of hydrogen-bond donors (Lipinski definition) is 1. The molecule has 13 heavy (non-hydrogen) atoms. The molecule has 78 valence electrons. The zero-order valence-corrected chi connectivity index (χ0v) is 9.35. The van der Waals surface area contributed by atoms with Crippen molar-refractivity contribution in [3.8, 4) is 0 Å². The molecular weight excluding hydrogens is 182 g/mol. The van der Waals surface area contributed by atoms with Gasteiger partial charge in [0.05, 0.1) is 0 Å². The van der Waals surface area contributed by atoms with E-state index in [0.717, 1.165) is 6.54 Å². The Morgan fingerprint density at radius 2 is 2.31 bits per heavy atom. The van der Waals surface area contributed by atoms with Crippen LogP contribution in [0.15, 0.2) is 0 Å². The smallest absolute Gasteiger partial charge is 0.0471 e. The van der Waals surface area contributed by atoms with Gasteiger partial charge in [-0.15, -0.1) is 0 Å². The van der Waals surface area contributed by atoms with Crippen LogP contribution >= 0.6 is 11.8 Å². The Hall–Kier alpha value is 0.270. The van der Waals surface area contributed by atoms with E-state index in [0.29, 0.717) is 12.5 Å². The molecule has 0 aromatic rings. The Kier molecular flexibility index (Phi) is 5.83. The molecule has 2 nitrogen and oxygen atoms in total. The summed E-state index contributed by atoms with van der Waals surface area (Å²) in [5.41, 5.74) is 0. The zero-order chi connectivity index (χ0) is 9.52. The summed E-state index contributed by atoms with van der Waals surface area (Å²) in [5.74, 6) is 1.85. The Balaban J connectivity index is 1.97. The number of aliphatic hydroxyl groups is 1. The number of rotatable bonds is 6. The summed E-state index contributed by atoms with van der Waals surface area (Å²) >= 11 is 1.93. The zero-order valence-electron chi connectivity index (χ0n) is 8.54. The van der Waals surface area contributed by atoms with Gasteiger partial charge in [-0.1, -0.05) is 0 Å². The molecular formula is C10H21NOS. The van der Waals surface area contributed by atoms with Gasteiger partial charge in [-0.3, -0.25) is 0 Å². The normalized spacial score (nSPS) is 24.0. The first-order valence-electron chi connectivity index (χ1n) is 5.19. The summed E-state index contributed by atoms with van der Waals surface area (Å²) in [4.78, 5) is 2.49. The van der Waals surface area contributed by atoms with Crippen LogP contribution in [0.4, 0.5) is 0 Å². The highest BCUT2D eigenvalue weighted by Crippen LogP contribution is 2.15. The van der Waals surface area contributed by atoms with Gasteiger partial charge in [0.1, 0.15) is 0 Å². The predicted octanol–water partition coefficient (Wildman–Crippen LogP) is 1.44. The summed E-state index contributed by atoms with van der Waals surface area (Å²) in [6.45, 7) is 3.93. The average molecular weight is 203 g/mol. The van der Waals surface area contributed by atoms with E-state index in [4.69, 9.17) is 5.11 Å². The van der Waals surface area contributed by atoms with Crippen LogP contribution in [-0.4, -0.2) is 48.3 Å². The van der Waals surface area contributed by atoms with Crippen molar-refractivity contribution in [2.75, 3.05) is 38.2 Å². The van der Waals surface area contributed by atoms with Crippen LogP contribution in [0.5, 0.6) is 0 Å². The van der Waals surface area contributed by atoms with E-state index in [1.54, 1.807) is 0 Å². The molecule has 0 bridgehead atoms. The van der Waals surface area contributed by atoms with Crippen LogP contribution in [0, 0.1) is 5.92 Å². The summed E-state index contributed by atoms with van der Waals surface area (Å²) in [7, 11) is 0. The highest BCUT2D eigenvalue weighted by Gasteiger charge is 2.20. The van der Waals surface area contributed by atoms with Gasteiger partial charge in [-0.2, -0.15) is 11.8 Å². The maximum Gasteiger partial charge on any atom is 0.0471 e. The number of likely N-dealkylation sites (tertiary alicyclic amines) is 1. The lowest BCUT2D eigenvalue weighted by molar-refractivity contribution is 0.221. The van der Waals surface area contributed by atoms with Crippen LogP contribution in [-0.2, 0) is 0 Å². The molecule has 1 atom stereocenters. The van der Waals surface area contributed by atoms with E-state index in [2.05, 4.69) is 11.2 Å². The van der Waals surface area contributed by atoms with Gasteiger partial charge in [-0.05, 0) is 50.3 Å². The first-order valence-corrected chi connectivity index (χ1v) is 6.58. The third-order valence-corrected chi connectivity index (χ3v) is 3.40. The fourth-order valence-electron chi connectivity index (χ4n) is 1.85. The monoisotopic (exact) mass is 203 g/mol.